The highest BCUT2D eigenvalue weighted by Gasteiger charge is 2.35. The number of hydrogen-bond donors (Lipinski definition) is 1. The summed E-state index contributed by atoms with van der Waals surface area (Å²) >= 11 is 0. The van der Waals surface area contributed by atoms with Gasteiger partial charge in [-0.05, 0) is 20.8 Å². The topological polar surface area (TPSA) is 81.7 Å². The lowest BCUT2D eigenvalue weighted by Crippen LogP contribution is -2.34. The summed E-state index contributed by atoms with van der Waals surface area (Å²) in [6.45, 7) is 9.41. The summed E-state index contributed by atoms with van der Waals surface area (Å²) in [6, 6.07) is -0.924. The number of carbonyl (C=O) groups excluding carboxylic acids is 3. The van der Waals surface area contributed by atoms with Gasteiger partial charge in [0.05, 0.1) is 6.42 Å². The van der Waals surface area contributed by atoms with Gasteiger partial charge in [-0.15, -0.1) is 0 Å². The second-order valence-electron chi connectivity index (χ2n) is 4.90. The number of carbonyl (C=O) groups is 3. The second-order valence-corrected chi connectivity index (χ2v) is 4.90. The maximum atomic E-state index is 11.3. The fraction of sp³-hybridized carbons (Fsp3) is 0.750. The first kappa shape index (κ1) is 16.4. The van der Waals surface area contributed by atoms with Crippen molar-refractivity contribution in [1.29, 1.82) is 0 Å². The molecule has 0 saturated carbocycles. The predicted molar refractivity (Wildman–Crippen MR) is 64.8 cm³/mol. The molecule has 0 aromatic heterocycles. The molecule has 1 fully saturated rings. The molecule has 0 aromatic rings. The van der Waals surface area contributed by atoms with Gasteiger partial charge < -0.3 is 14.8 Å². The average molecular weight is 259 g/mol. The van der Waals surface area contributed by atoms with Crippen molar-refractivity contribution < 1.29 is 23.9 Å². The number of amides is 1. The van der Waals surface area contributed by atoms with E-state index in [1.54, 1.807) is 20.8 Å². The minimum absolute atomic E-state index is 0.207. The van der Waals surface area contributed by atoms with Crippen LogP contribution in [0.5, 0.6) is 0 Å². The molecule has 0 aromatic carbocycles. The monoisotopic (exact) mass is 259 g/mol. The lowest BCUT2D eigenvalue weighted by molar-refractivity contribution is -0.157. The second kappa shape index (κ2) is 6.98. The maximum absolute atomic E-state index is 11.3. The van der Waals surface area contributed by atoms with Crippen LogP contribution < -0.4 is 5.32 Å². The van der Waals surface area contributed by atoms with Crippen LogP contribution in [-0.4, -0.2) is 29.7 Å². The van der Waals surface area contributed by atoms with E-state index in [0.29, 0.717) is 0 Å². The van der Waals surface area contributed by atoms with Gasteiger partial charge in [0.1, 0.15) is 11.6 Å². The van der Waals surface area contributed by atoms with Crippen LogP contribution in [0.2, 0.25) is 0 Å². The highest BCUT2D eigenvalue weighted by molar-refractivity contribution is 5.97. The van der Waals surface area contributed by atoms with E-state index in [1.807, 2.05) is 0 Å². The molecule has 0 aliphatic carbocycles. The molecule has 0 bridgehead atoms. The molecule has 1 aliphatic heterocycles. The van der Waals surface area contributed by atoms with Crippen molar-refractivity contribution in [3.63, 3.8) is 0 Å². The lowest BCUT2D eigenvalue weighted by Gasteiger charge is -2.19. The van der Waals surface area contributed by atoms with E-state index in [9.17, 15) is 14.4 Å². The molecule has 0 spiro atoms. The first-order valence-electron chi connectivity index (χ1n) is 5.93. The standard InChI is InChI=1S/C9H13NO5.C3H8/c1-9(2,3)15-6(11)4-5-7(12)14-8(13)10-5;1-3-2/h5H,4H2,1-3H3,(H,10,13);3H2,1-2H3. The number of ether oxygens (including phenoxy) is 2. The van der Waals surface area contributed by atoms with E-state index in [-0.39, 0.29) is 6.42 Å². The van der Waals surface area contributed by atoms with E-state index in [2.05, 4.69) is 23.9 Å². The summed E-state index contributed by atoms with van der Waals surface area (Å²) in [6.07, 6.45) is 0.218. The first-order valence-corrected chi connectivity index (χ1v) is 5.93. The number of cyclic esters (lactones) is 2. The number of esters is 2. The number of rotatable bonds is 2. The van der Waals surface area contributed by atoms with Crippen molar-refractivity contribution in [3.05, 3.63) is 0 Å². The van der Waals surface area contributed by atoms with Gasteiger partial charge in [-0.2, -0.15) is 0 Å². The van der Waals surface area contributed by atoms with Crippen molar-refractivity contribution in [2.24, 2.45) is 0 Å². The van der Waals surface area contributed by atoms with E-state index >= 15 is 0 Å². The molecule has 104 valence electrons. The largest absolute Gasteiger partial charge is 0.460 e. The maximum Gasteiger partial charge on any atom is 0.415 e. The zero-order chi connectivity index (χ0) is 14.3. The molecule has 1 rings (SSSR count). The third-order valence-corrected chi connectivity index (χ3v) is 1.56. The minimum Gasteiger partial charge on any atom is -0.460 e. The SMILES string of the molecule is CC(C)(C)OC(=O)CC1NC(=O)OC1=O.CCC. The van der Waals surface area contributed by atoms with Crippen molar-refractivity contribution in [3.8, 4) is 0 Å². The molecular formula is C12H21NO5. The van der Waals surface area contributed by atoms with Crippen molar-refractivity contribution in [2.75, 3.05) is 0 Å². The van der Waals surface area contributed by atoms with Gasteiger partial charge in [0, 0.05) is 0 Å². The Morgan fingerprint density at radius 3 is 2.17 bits per heavy atom. The van der Waals surface area contributed by atoms with Crippen LogP contribution in [0.15, 0.2) is 0 Å². The number of alkyl carbamates (subject to hydrolysis) is 1. The van der Waals surface area contributed by atoms with Gasteiger partial charge in [0.2, 0.25) is 0 Å². The minimum atomic E-state index is -0.924. The Hall–Kier alpha value is -1.59. The Labute approximate surface area is 107 Å². The third kappa shape index (κ3) is 6.88. The van der Waals surface area contributed by atoms with Crippen LogP contribution in [-0.2, 0) is 19.1 Å². The fourth-order valence-electron chi connectivity index (χ4n) is 1.08. The molecule has 1 saturated heterocycles. The Morgan fingerprint density at radius 2 is 1.83 bits per heavy atom. The van der Waals surface area contributed by atoms with Gasteiger partial charge in [0.25, 0.3) is 0 Å². The van der Waals surface area contributed by atoms with Crippen molar-refractivity contribution in [1.82, 2.24) is 5.32 Å². The number of hydrogen-bond acceptors (Lipinski definition) is 5. The molecule has 1 N–H and O–H groups in total. The molecule has 1 heterocycles. The zero-order valence-corrected chi connectivity index (χ0v) is 11.5. The highest BCUT2D eigenvalue weighted by atomic mass is 16.6. The summed E-state index contributed by atoms with van der Waals surface area (Å²) in [5.74, 6) is -1.29. The Balaban J connectivity index is 0.000000873. The van der Waals surface area contributed by atoms with Crippen molar-refractivity contribution in [2.45, 2.75) is 59.1 Å². The van der Waals surface area contributed by atoms with Crippen LogP contribution in [0.3, 0.4) is 0 Å². The molecular weight excluding hydrogens is 238 g/mol. The van der Waals surface area contributed by atoms with Crippen LogP contribution >= 0.6 is 0 Å². The predicted octanol–water partition coefficient (Wildman–Crippen LogP) is 1.77. The van der Waals surface area contributed by atoms with Gasteiger partial charge in [0.15, 0.2) is 0 Å². The van der Waals surface area contributed by atoms with Crippen LogP contribution in [0.4, 0.5) is 4.79 Å². The molecule has 1 unspecified atom stereocenters. The Morgan fingerprint density at radius 1 is 1.33 bits per heavy atom. The summed E-state index contributed by atoms with van der Waals surface area (Å²) in [4.78, 5) is 32.9. The summed E-state index contributed by atoms with van der Waals surface area (Å²) in [7, 11) is 0. The quantitative estimate of drug-likeness (QED) is 0.603. The zero-order valence-electron chi connectivity index (χ0n) is 11.5. The molecule has 1 amide bonds. The molecule has 18 heavy (non-hydrogen) atoms. The van der Waals surface area contributed by atoms with Gasteiger partial charge in [-0.25, -0.2) is 9.59 Å². The van der Waals surface area contributed by atoms with E-state index in [1.165, 1.54) is 6.42 Å². The smallest absolute Gasteiger partial charge is 0.415 e. The number of nitrogens with one attached hydrogen (secondary N) is 1. The van der Waals surface area contributed by atoms with Crippen molar-refractivity contribution >= 4 is 18.0 Å². The molecule has 1 atom stereocenters. The molecule has 0 radical (unpaired) electrons. The van der Waals surface area contributed by atoms with Crippen LogP contribution in [0.1, 0.15) is 47.5 Å². The fourth-order valence-corrected chi connectivity index (χ4v) is 1.08. The normalized spacial score (nSPS) is 18.4. The lowest BCUT2D eigenvalue weighted by atomic mass is 10.2. The summed E-state index contributed by atoms with van der Waals surface area (Å²) in [5.41, 5.74) is -0.608. The summed E-state index contributed by atoms with van der Waals surface area (Å²) in [5, 5.41) is 2.21. The van der Waals surface area contributed by atoms with E-state index < -0.39 is 29.7 Å². The first-order chi connectivity index (χ1) is 8.19. The van der Waals surface area contributed by atoms with E-state index in [4.69, 9.17) is 4.74 Å². The van der Waals surface area contributed by atoms with E-state index in [0.717, 1.165) is 0 Å². The Bertz CT molecular complexity index is 319. The third-order valence-electron chi connectivity index (χ3n) is 1.56. The van der Waals surface area contributed by atoms with Crippen LogP contribution in [0.25, 0.3) is 0 Å². The molecule has 6 heteroatoms. The Kier molecular flexibility index (Phi) is 6.36. The average Bonchev–Trinajstić information content (AvgIpc) is 2.42. The molecule has 6 nitrogen and oxygen atoms in total. The van der Waals surface area contributed by atoms with Gasteiger partial charge in [-0.3, -0.25) is 4.79 Å². The molecule has 1 aliphatic rings. The van der Waals surface area contributed by atoms with Crippen LogP contribution in [0, 0.1) is 0 Å². The van der Waals surface area contributed by atoms with Gasteiger partial charge >= 0.3 is 18.0 Å². The highest BCUT2D eigenvalue weighted by Crippen LogP contribution is 2.11. The summed E-state index contributed by atoms with van der Waals surface area (Å²) < 4.78 is 9.19. The van der Waals surface area contributed by atoms with Gasteiger partial charge in [-0.1, -0.05) is 20.3 Å².